The minimum absolute atomic E-state index is 0.141. The molecule has 1 aliphatic rings. The lowest BCUT2D eigenvalue weighted by atomic mass is 9.67. The first-order valence-electron chi connectivity index (χ1n) is 8.13. The summed E-state index contributed by atoms with van der Waals surface area (Å²) in [6.45, 7) is 2.37. The van der Waals surface area contributed by atoms with Crippen molar-refractivity contribution in [2.75, 3.05) is 6.61 Å². The van der Waals surface area contributed by atoms with Gasteiger partial charge in [-0.3, -0.25) is 0 Å². The largest absolute Gasteiger partial charge is 0.396 e. The quantitative estimate of drug-likeness (QED) is 0.747. The second-order valence-corrected chi connectivity index (χ2v) is 7.09. The van der Waals surface area contributed by atoms with Gasteiger partial charge in [0.05, 0.1) is 0 Å². The smallest absolute Gasteiger partial charge is 0.127 e. The maximum Gasteiger partial charge on any atom is 0.127 e. The van der Waals surface area contributed by atoms with Crippen LogP contribution in [0.25, 0.3) is 0 Å². The SMILES string of the molecule is CCCCC1CCC(CO)(Cc2ccc(Cl)cc2F)CC1. The van der Waals surface area contributed by atoms with Crippen molar-refractivity contribution in [1.29, 1.82) is 0 Å². The maximum absolute atomic E-state index is 14.0. The van der Waals surface area contributed by atoms with Crippen molar-refractivity contribution >= 4 is 11.6 Å². The fourth-order valence-electron chi connectivity index (χ4n) is 3.53. The predicted molar refractivity (Wildman–Crippen MR) is 86.1 cm³/mol. The number of benzene rings is 1. The van der Waals surface area contributed by atoms with Crippen molar-refractivity contribution in [2.24, 2.45) is 11.3 Å². The molecule has 0 aromatic heterocycles. The molecular formula is C18H26ClFO. The molecule has 0 bridgehead atoms. The molecule has 1 nitrogen and oxygen atoms in total. The summed E-state index contributed by atoms with van der Waals surface area (Å²) in [6.07, 6.45) is 8.78. The Balaban J connectivity index is 1.99. The summed E-state index contributed by atoms with van der Waals surface area (Å²) in [7, 11) is 0. The van der Waals surface area contributed by atoms with Gasteiger partial charge < -0.3 is 5.11 Å². The highest BCUT2D eigenvalue weighted by Crippen LogP contribution is 2.43. The van der Waals surface area contributed by atoms with Crippen LogP contribution in [0.5, 0.6) is 0 Å². The van der Waals surface area contributed by atoms with Gasteiger partial charge in [0, 0.05) is 11.6 Å². The Morgan fingerprint density at radius 1 is 1.33 bits per heavy atom. The van der Waals surface area contributed by atoms with Crippen LogP contribution in [0.1, 0.15) is 57.4 Å². The number of rotatable bonds is 6. The van der Waals surface area contributed by atoms with Crippen molar-refractivity contribution in [3.05, 3.63) is 34.6 Å². The third-order valence-electron chi connectivity index (χ3n) is 5.05. The Morgan fingerprint density at radius 3 is 2.62 bits per heavy atom. The van der Waals surface area contributed by atoms with E-state index in [0.29, 0.717) is 17.0 Å². The number of halogens is 2. The average Bonchev–Trinajstić information content (AvgIpc) is 2.49. The van der Waals surface area contributed by atoms with E-state index in [1.807, 2.05) is 0 Å². The van der Waals surface area contributed by atoms with Gasteiger partial charge in [0.2, 0.25) is 0 Å². The van der Waals surface area contributed by atoms with Gasteiger partial charge in [-0.2, -0.15) is 0 Å². The van der Waals surface area contributed by atoms with Crippen LogP contribution < -0.4 is 0 Å². The molecule has 2 rings (SSSR count). The Bertz CT molecular complexity index is 453. The standard InChI is InChI=1S/C18H26ClFO/c1-2-3-4-14-7-9-18(13-21,10-8-14)12-15-5-6-16(19)11-17(15)20/h5-6,11,14,21H,2-4,7-10,12-13H2,1H3. The fourth-order valence-corrected chi connectivity index (χ4v) is 3.69. The van der Waals surface area contributed by atoms with Crippen LogP contribution in [0.15, 0.2) is 18.2 Å². The van der Waals surface area contributed by atoms with Crippen molar-refractivity contribution in [2.45, 2.75) is 58.3 Å². The highest BCUT2D eigenvalue weighted by atomic mass is 35.5. The topological polar surface area (TPSA) is 20.2 Å². The molecule has 1 aliphatic carbocycles. The zero-order valence-electron chi connectivity index (χ0n) is 12.9. The number of aliphatic hydroxyl groups is 1. The summed E-state index contributed by atoms with van der Waals surface area (Å²) < 4.78 is 14.0. The van der Waals surface area contributed by atoms with E-state index < -0.39 is 0 Å². The first-order valence-corrected chi connectivity index (χ1v) is 8.51. The van der Waals surface area contributed by atoms with Crippen LogP contribution in [0.2, 0.25) is 5.02 Å². The molecule has 1 aromatic carbocycles. The summed E-state index contributed by atoms with van der Waals surface area (Å²) in [4.78, 5) is 0. The van der Waals surface area contributed by atoms with Crippen LogP contribution in [0, 0.1) is 17.2 Å². The van der Waals surface area contributed by atoms with Gasteiger partial charge in [-0.25, -0.2) is 4.39 Å². The van der Waals surface area contributed by atoms with E-state index in [4.69, 9.17) is 11.6 Å². The maximum atomic E-state index is 14.0. The minimum Gasteiger partial charge on any atom is -0.396 e. The monoisotopic (exact) mass is 312 g/mol. The van der Waals surface area contributed by atoms with Crippen LogP contribution >= 0.6 is 11.6 Å². The molecule has 1 saturated carbocycles. The molecule has 0 saturated heterocycles. The molecule has 0 amide bonds. The lowest BCUT2D eigenvalue weighted by molar-refractivity contribution is 0.0613. The molecular weight excluding hydrogens is 287 g/mol. The van der Waals surface area contributed by atoms with Crippen molar-refractivity contribution in [3.63, 3.8) is 0 Å². The third-order valence-corrected chi connectivity index (χ3v) is 5.28. The summed E-state index contributed by atoms with van der Waals surface area (Å²) in [6, 6.07) is 4.87. The number of hydrogen-bond acceptors (Lipinski definition) is 1. The molecule has 1 fully saturated rings. The van der Waals surface area contributed by atoms with Crippen LogP contribution in [-0.4, -0.2) is 11.7 Å². The second-order valence-electron chi connectivity index (χ2n) is 6.66. The van der Waals surface area contributed by atoms with Crippen LogP contribution in [0.4, 0.5) is 4.39 Å². The third kappa shape index (κ3) is 4.43. The molecule has 0 atom stereocenters. The summed E-state index contributed by atoms with van der Waals surface area (Å²) in [5.41, 5.74) is 0.539. The van der Waals surface area contributed by atoms with Gasteiger partial charge in [-0.15, -0.1) is 0 Å². The minimum atomic E-state index is -0.247. The molecule has 21 heavy (non-hydrogen) atoms. The van der Waals surface area contributed by atoms with Crippen LogP contribution in [0.3, 0.4) is 0 Å². The number of aliphatic hydroxyl groups excluding tert-OH is 1. The van der Waals surface area contributed by atoms with E-state index in [-0.39, 0.29) is 17.8 Å². The lowest BCUT2D eigenvalue weighted by Gasteiger charge is -2.39. The highest BCUT2D eigenvalue weighted by Gasteiger charge is 2.35. The van der Waals surface area contributed by atoms with Crippen molar-refractivity contribution in [1.82, 2.24) is 0 Å². The molecule has 0 aliphatic heterocycles. The van der Waals surface area contributed by atoms with Gasteiger partial charge >= 0.3 is 0 Å². The van der Waals surface area contributed by atoms with Gasteiger partial charge in [0.15, 0.2) is 0 Å². The zero-order valence-corrected chi connectivity index (χ0v) is 13.6. The molecule has 118 valence electrons. The Labute approximate surface area is 132 Å². The number of unbranched alkanes of at least 4 members (excludes halogenated alkanes) is 1. The van der Waals surface area contributed by atoms with Crippen molar-refractivity contribution < 1.29 is 9.50 Å². The molecule has 1 N–H and O–H groups in total. The summed E-state index contributed by atoms with van der Waals surface area (Å²) >= 11 is 5.81. The molecule has 0 unspecified atom stereocenters. The van der Waals surface area contributed by atoms with E-state index in [1.165, 1.54) is 25.3 Å². The first kappa shape index (κ1) is 16.8. The van der Waals surface area contributed by atoms with E-state index in [9.17, 15) is 9.50 Å². The average molecular weight is 313 g/mol. The zero-order chi connectivity index (χ0) is 15.3. The molecule has 1 aromatic rings. The van der Waals surface area contributed by atoms with E-state index in [2.05, 4.69) is 6.92 Å². The van der Waals surface area contributed by atoms with E-state index >= 15 is 0 Å². The number of hydrogen-bond donors (Lipinski definition) is 1. The van der Waals surface area contributed by atoms with E-state index in [0.717, 1.165) is 31.6 Å². The summed E-state index contributed by atoms with van der Waals surface area (Å²) in [5, 5.41) is 10.3. The van der Waals surface area contributed by atoms with Crippen LogP contribution in [-0.2, 0) is 6.42 Å². The fraction of sp³-hybridized carbons (Fsp3) is 0.667. The molecule has 0 radical (unpaired) electrons. The van der Waals surface area contributed by atoms with E-state index in [1.54, 1.807) is 12.1 Å². The highest BCUT2D eigenvalue weighted by molar-refractivity contribution is 6.30. The van der Waals surface area contributed by atoms with Gasteiger partial charge in [-0.1, -0.05) is 43.9 Å². The molecule has 0 heterocycles. The Hall–Kier alpha value is -0.600. The Morgan fingerprint density at radius 2 is 2.05 bits per heavy atom. The molecule has 0 spiro atoms. The second kappa shape index (κ2) is 7.60. The lowest BCUT2D eigenvalue weighted by Crippen LogP contribution is -2.33. The molecule has 3 heteroatoms. The van der Waals surface area contributed by atoms with Gasteiger partial charge in [0.25, 0.3) is 0 Å². The Kier molecular flexibility index (Phi) is 6.07. The first-order chi connectivity index (χ1) is 10.1. The van der Waals surface area contributed by atoms with Crippen molar-refractivity contribution in [3.8, 4) is 0 Å². The summed E-state index contributed by atoms with van der Waals surface area (Å²) in [5.74, 6) is 0.545. The normalized spacial score (nSPS) is 26.0. The van der Waals surface area contributed by atoms with Gasteiger partial charge in [-0.05, 0) is 61.1 Å². The van der Waals surface area contributed by atoms with Gasteiger partial charge in [0.1, 0.15) is 5.82 Å². The predicted octanol–water partition coefficient (Wildman–Crippen LogP) is 5.38.